The van der Waals surface area contributed by atoms with E-state index < -0.39 is 48.7 Å². The van der Waals surface area contributed by atoms with Crippen molar-refractivity contribution in [1.29, 1.82) is 0 Å². The second kappa shape index (κ2) is 26.4. The van der Waals surface area contributed by atoms with Gasteiger partial charge < -0.3 is 40.1 Å². The third-order valence-electron chi connectivity index (χ3n) is 10.1. The average Bonchev–Trinajstić information content (AvgIpc) is 3.10. The zero-order valence-electron chi connectivity index (χ0n) is 32.3. The molecule has 0 aromatic carbocycles. The van der Waals surface area contributed by atoms with E-state index in [2.05, 4.69) is 0 Å². The summed E-state index contributed by atoms with van der Waals surface area (Å²) in [5, 5.41) is 63.7. The Morgan fingerprint density at radius 1 is 0.620 bits per heavy atom. The van der Waals surface area contributed by atoms with Crippen molar-refractivity contribution in [3.63, 3.8) is 0 Å². The Balaban J connectivity index is 4.88. The van der Waals surface area contributed by atoms with Gasteiger partial charge in [0.2, 0.25) is 0 Å². The summed E-state index contributed by atoms with van der Waals surface area (Å²) in [4.78, 5) is 10.8. The third-order valence-corrected chi connectivity index (χ3v) is 10.1. The van der Waals surface area contributed by atoms with E-state index in [-0.39, 0.29) is 41.9 Å². The molecule has 0 bridgehead atoms. The van der Waals surface area contributed by atoms with E-state index >= 15 is 0 Å². The number of allylic oxidation sites excluding steroid dienone is 10. The van der Waals surface area contributed by atoms with Crippen LogP contribution in [0.25, 0.3) is 0 Å². The molecule has 0 aliphatic heterocycles. The zero-order chi connectivity index (χ0) is 38.4. The van der Waals surface area contributed by atoms with E-state index in [1.807, 2.05) is 104 Å². The summed E-state index contributed by atoms with van der Waals surface area (Å²) in [6, 6.07) is 0. The highest BCUT2D eigenvalue weighted by atomic mass is 16.5. The standard InChI is InChI=1S/C41H70O9/c1-11-27(2)24-30(5)40(47)33(8)41(48)31(6)36(50-10)25-34(42)23-22-29(4)39(46)32(7)38(45)28(3)20-18-16-14-12-13-15-17-19-21-35(49-9)26-37(43)44/h11-21,28-36,38-42,45-48H,22-26H2,1-10H3,(H,43,44)/b13-12-,16-14+,17-15+,20-18-,21-19-,27-11+/t28-,29-,30+,31+,32-,33+,34-,35+,36+,38-,39-,40-,41-/m0/s1. The largest absolute Gasteiger partial charge is 0.481 e. The predicted octanol–water partition coefficient (Wildman–Crippen LogP) is 6.42. The number of aliphatic carboxylic acids is 1. The van der Waals surface area contributed by atoms with Gasteiger partial charge in [0, 0.05) is 37.9 Å². The maximum atomic E-state index is 11.1. The first kappa shape index (κ1) is 47.6. The summed E-state index contributed by atoms with van der Waals surface area (Å²) in [6.45, 7) is 15.4. The van der Waals surface area contributed by atoms with Gasteiger partial charge >= 0.3 is 5.97 Å². The maximum absolute atomic E-state index is 11.1. The number of carboxylic acids is 1. The molecule has 0 rings (SSSR count). The molecule has 0 saturated heterocycles. The van der Waals surface area contributed by atoms with Gasteiger partial charge in [-0.2, -0.15) is 0 Å². The molecule has 0 aromatic rings. The fraction of sp³-hybridized carbons (Fsp3) is 0.683. The third kappa shape index (κ3) is 18.7. The van der Waals surface area contributed by atoms with Gasteiger partial charge in [0.15, 0.2) is 0 Å². The van der Waals surface area contributed by atoms with Gasteiger partial charge in [0.05, 0.1) is 49.1 Å². The Morgan fingerprint density at radius 3 is 1.62 bits per heavy atom. The van der Waals surface area contributed by atoms with E-state index in [1.54, 1.807) is 25.3 Å². The molecule has 0 heterocycles. The summed E-state index contributed by atoms with van der Waals surface area (Å²) in [6.07, 6.45) is 17.6. The summed E-state index contributed by atoms with van der Waals surface area (Å²) >= 11 is 0. The average molecular weight is 707 g/mol. The molecule has 0 amide bonds. The minimum Gasteiger partial charge on any atom is -0.481 e. The molecule has 0 aromatic heterocycles. The Kier molecular flexibility index (Phi) is 25.2. The lowest BCUT2D eigenvalue weighted by atomic mass is 9.79. The van der Waals surface area contributed by atoms with Crippen molar-refractivity contribution < 1.29 is 44.9 Å². The fourth-order valence-electron chi connectivity index (χ4n) is 6.23. The topological polar surface area (TPSA) is 157 Å². The van der Waals surface area contributed by atoms with Gasteiger partial charge in [0.25, 0.3) is 0 Å². The zero-order valence-corrected chi connectivity index (χ0v) is 32.3. The van der Waals surface area contributed by atoms with Gasteiger partial charge in [-0.1, -0.05) is 114 Å². The SMILES string of the molecule is C/C=C(\C)C[C@@H](C)[C@H](O)[C@@H](C)[C@@H](O)[C@H](C)[C@@H](C[C@@H](O)CC[C@H](C)[C@H](O)[C@@H](C)[C@@H](O)[C@@H](C)\C=C/C=C/C=C\C=C\C=C/[C@H](CC(=O)O)OC)OC. The molecule has 0 unspecified atom stereocenters. The number of hydrogen-bond acceptors (Lipinski definition) is 8. The molecule has 0 aliphatic carbocycles. The number of aliphatic hydroxyl groups excluding tert-OH is 5. The lowest BCUT2D eigenvalue weighted by Gasteiger charge is -2.35. The molecule has 50 heavy (non-hydrogen) atoms. The molecule has 0 radical (unpaired) electrons. The lowest BCUT2D eigenvalue weighted by Crippen LogP contribution is -2.42. The highest BCUT2D eigenvalue weighted by molar-refractivity contribution is 5.67. The van der Waals surface area contributed by atoms with Crippen molar-refractivity contribution in [3.8, 4) is 0 Å². The Labute approximate surface area is 302 Å². The van der Waals surface area contributed by atoms with Gasteiger partial charge in [-0.05, 0) is 51.4 Å². The number of methoxy groups -OCH3 is 2. The first-order chi connectivity index (χ1) is 23.5. The number of aliphatic hydroxyl groups is 5. The summed E-state index contributed by atoms with van der Waals surface area (Å²) in [7, 11) is 3.04. The first-order valence-corrected chi connectivity index (χ1v) is 18.2. The molecule has 0 fully saturated rings. The van der Waals surface area contributed by atoms with Crippen LogP contribution < -0.4 is 0 Å². The van der Waals surface area contributed by atoms with Crippen LogP contribution in [0.4, 0.5) is 0 Å². The van der Waals surface area contributed by atoms with Crippen molar-refractivity contribution in [1.82, 2.24) is 0 Å². The van der Waals surface area contributed by atoms with Gasteiger partial charge in [-0.3, -0.25) is 4.79 Å². The van der Waals surface area contributed by atoms with Crippen LogP contribution in [0.15, 0.2) is 72.4 Å². The lowest BCUT2D eigenvalue weighted by molar-refractivity contribution is -0.139. The van der Waals surface area contributed by atoms with E-state index in [4.69, 9.17) is 14.6 Å². The quantitative estimate of drug-likeness (QED) is 0.0441. The van der Waals surface area contributed by atoms with Crippen molar-refractivity contribution in [2.45, 2.75) is 130 Å². The number of carbonyl (C=O) groups is 1. The summed E-state index contributed by atoms with van der Waals surface area (Å²) in [5.74, 6) is -2.32. The maximum Gasteiger partial charge on any atom is 0.306 e. The van der Waals surface area contributed by atoms with E-state index in [0.29, 0.717) is 19.3 Å². The van der Waals surface area contributed by atoms with Crippen LogP contribution in [0.5, 0.6) is 0 Å². The van der Waals surface area contributed by atoms with Crippen LogP contribution in [-0.2, 0) is 14.3 Å². The Morgan fingerprint density at radius 2 is 1.12 bits per heavy atom. The van der Waals surface area contributed by atoms with Gasteiger partial charge in [0.1, 0.15) is 0 Å². The highest BCUT2D eigenvalue weighted by Gasteiger charge is 2.35. The monoisotopic (exact) mass is 707 g/mol. The van der Waals surface area contributed by atoms with E-state index in [9.17, 15) is 30.3 Å². The Hall–Kier alpha value is -2.37. The molecule has 9 nitrogen and oxygen atoms in total. The number of carboxylic acid groups (broad SMARTS) is 1. The van der Waals surface area contributed by atoms with Gasteiger partial charge in [-0.15, -0.1) is 0 Å². The highest BCUT2D eigenvalue weighted by Crippen LogP contribution is 2.30. The molecule has 13 atom stereocenters. The number of ether oxygens (including phenoxy) is 2. The molecular weight excluding hydrogens is 636 g/mol. The van der Waals surface area contributed by atoms with Crippen LogP contribution in [-0.4, -0.2) is 93.6 Å². The molecule has 288 valence electrons. The Bertz CT molecular complexity index is 1090. The summed E-state index contributed by atoms with van der Waals surface area (Å²) in [5.41, 5.74) is 1.20. The molecule has 9 heteroatoms. The van der Waals surface area contributed by atoms with Crippen LogP contribution >= 0.6 is 0 Å². The number of hydrogen-bond donors (Lipinski definition) is 6. The molecule has 0 spiro atoms. The fourth-order valence-corrected chi connectivity index (χ4v) is 6.23. The second-order valence-electron chi connectivity index (χ2n) is 14.2. The van der Waals surface area contributed by atoms with Crippen molar-refractivity contribution in [2.75, 3.05) is 14.2 Å². The summed E-state index contributed by atoms with van der Waals surface area (Å²) < 4.78 is 10.8. The van der Waals surface area contributed by atoms with Crippen LogP contribution in [0.2, 0.25) is 0 Å². The van der Waals surface area contributed by atoms with Crippen LogP contribution in [0.1, 0.15) is 87.5 Å². The predicted molar refractivity (Wildman–Crippen MR) is 202 cm³/mol. The van der Waals surface area contributed by atoms with Crippen molar-refractivity contribution in [3.05, 3.63) is 72.4 Å². The van der Waals surface area contributed by atoms with Crippen molar-refractivity contribution >= 4 is 5.97 Å². The molecule has 0 saturated carbocycles. The van der Waals surface area contributed by atoms with Crippen LogP contribution in [0.3, 0.4) is 0 Å². The number of rotatable bonds is 26. The smallest absolute Gasteiger partial charge is 0.306 e. The van der Waals surface area contributed by atoms with Gasteiger partial charge in [-0.25, -0.2) is 0 Å². The molecule has 0 aliphatic rings. The first-order valence-electron chi connectivity index (χ1n) is 18.2. The normalized spacial score (nSPS) is 21.3. The van der Waals surface area contributed by atoms with Crippen LogP contribution in [0, 0.1) is 35.5 Å². The van der Waals surface area contributed by atoms with E-state index in [1.165, 1.54) is 12.7 Å². The second-order valence-corrected chi connectivity index (χ2v) is 14.2. The van der Waals surface area contributed by atoms with Crippen molar-refractivity contribution in [2.24, 2.45) is 35.5 Å². The van der Waals surface area contributed by atoms with E-state index in [0.717, 1.165) is 6.42 Å². The minimum atomic E-state index is -0.918. The molecule has 6 N–H and O–H groups in total. The molecular formula is C41H70O9. The minimum absolute atomic E-state index is 0.000612.